The molecular formula is C19H19ClFN3O2. The first-order valence-corrected chi connectivity index (χ1v) is 8.74. The van der Waals surface area contributed by atoms with Crippen molar-refractivity contribution in [3.8, 4) is 0 Å². The van der Waals surface area contributed by atoms with E-state index in [-0.39, 0.29) is 30.1 Å². The molecule has 1 atom stereocenters. The van der Waals surface area contributed by atoms with Crippen LogP contribution in [0.1, 0.15) is 30.0 Å². The molecule has 3 rings (SSSR count). The number of hydrogen-bond donors (Lipinski definition) is 3. The van der Waals surface area contributed by atoms with E-state index in [1.807, 2.05) is 0 Å². The predicted molar refractivity (Wildman–Crippen MR) is 96.7 cm³/mol. The number of amides is 2. The second-order valence-corrected chi connectivity index (χ2v) is 6.70. The monoisotopic (exact) mass is 375 g/mol. The number of carbonyl (C=O) groups is 2. The minimum atomic E-state index is -0.801. The summed E-state index contributed by atoms with van der Waals surface area (Å²) in [5.41, 5.74) is 6.68. The molecule has 0 aliphatic heterocycles. The minimum absolute atomic E-state index is 0.143. The first kappa shape index (κ1) is 18.4. The molecule has 1 saturated carbocycles. The summed E-state index contributed by atoms with van der Waals surface area (Å²) in [5.74, 6) is -0.938. The lowest BCUT2D eigenvalue weighted by atomic mass is 10.1. The summed E-state index contributed by atoms with van der Waals surface area (Å²) in [6.07, 6.45) is 2.04. The van der Waals surface area contributed by atoms with Gasteiger partial charge in [-0.3, -0.25) is 15.0 Å². The molecule has 2 aromatic carbocycles. The van der Waals surface area contributed by atoms with E-state index in [1.54, 1.807) is 24.3 Å². The number of hydrazine groups is 1. The molecule has 136 valence electrons. The Morgan fingerprint density at radius 3 is 2.35 bits per heavy atom. The molecule has 1 fully saturated rings. The Hall–Kier alpha value is -2.44. The van der Waals surface area contributed by atoms with Crippen LogP contribution in [0.25, 0.3) is 0 Å². The molecule has 3 N–H and O–H groups in total. The number of nitrogens with one attached hydrogen (secondary N) is 3. The van der Waals surface area contributed by atoms with Gasteiger partial charge in [-0.05, 0) is 48.2 Å². The molecule has 1 aliphatic rings. The maximum Gasteiger partial charge on any atom is 0.243 e. The number of halogens is 2. The number of carbonyl (C=O) groups excluding carboxylic acids is 2. The lowest BCUT2D eigenvalue weighted by Gasteiger charge is -2.19. The molecule has 2 aromatic rings. The van der Waals surface area contributed by atoms with Crippen LogP contribution < -0.4 is 16.2 Å². The first-order chi connectivity index (χ1) is 12.5. The molecule has 0 saturated heterocycles. The topological polar surface area (TPSA) is 70.2 Å². The van der Waals surface area contributed by atoms with Crippen LogP contribution in [0.4, 0.5) is 4.39 Å². The number of benzene rings is 2. The minimum Gasteiger partial charge on any atom is -0.352 e. The summed E-state index contributed by atoms with van der Waals surface area (Å²) < 4.78 is 13.2. The van der Waals surface area contributed by atoms with E-state index in [1.165, 1.54) is 24.3 Å². The molecule has 26 heavy (non-hydrogen) atoms. The van der Waals surface area contributed by atoms with Crippen LogP contribution in [-0.2, 0) is 16.0 Å². The van der Waals surface area contributed by atoms with Crippen LogP contribution >= 0.6 is 11.6 Å². The van der Waals surface area contributed by atoms with Crippen LogP contribution in [0.2, 0.25) is 5.02 Å². The van der Waals surface area contributed by atoms with Gasteiger partial charge in [-0.1, -0.05) is 35.9 Å². The highest BCUT2D eigenvalue weighted by atomic mass is 35.5. The van der Waals surface area contributed by atoms with E-state index in [2.05, 4.69) is 16.2 Å². The molecule has 5 nitrogen and oxygen atoms in total. The van der Waals surface area contributed by atoms with Gasteiger partial charge in [-0.25, -0.2) is 9.82 Å². The van der Waals surface area contributed by atoms with Gasteiger partial charge in [0.05, 0.1) is 6.42 Å². The second kappa shape index (κ2) is 8.29. The van der Waals surface area contributed by atoms with Crippen LogP contribution in [0, 0.1) is 5.82 Å². The van der Waals surface area contributed by atoms with Crippen LogP contribution in [0.3, 0.4) is 0 Å². The smallest absolute Gasteiger partial charge is 0.243 e. The Kier molecular flexibility index (Phi) is 5.85. The Balaban J connectivity index is 1.62. The van der Waals surface area contributed by atoms with Crippen molar-refractivity contribution in [3.05, 3.63) is 70.5 Å². The molecule has 2 amide bonds. The van der Waals surface area contributed by atoms with Crippen molar-refractivity contribution in [1.29, 1.82) is 0 Å². The Bertz CT molecular complexity index is 776. The highest BCUT2D eigenvalue weighted by Gasteiger charge is 2.28. The maximum absolute atomic E-state index is 13.2. The molecule has 1 aliphatic carbocycles. The standard InChI is InChI=1S/C19H19ClFN3O2/c20-14-5-1-12(2-6-14)11-17(25)23-24-18(19(26)22-16-9-10-16)13-3-7-15(21)8-4-13/h1-8,16,18,24H,9-11H2,(H,22,26)(H,23,25). The van der Waals surface area contributed by atoms with Gasteiger partial charge in [0, 0.05) is 11.1 Å². The van der Waals surface area contributed by atoms with Crippen molar-refractivity contribution >= 4 is 23.4 Å². The highest BCUT2D eigenvalue weighted by molar-refractivity contribution is 6.30. The van der Waals surface area contributed by atoms with Gasteiger partial charge in [-0.15, -0.1) is 0 Å². The van der Waals surface area contributed by atoms with Gasteiger partial charge < -0.3 is 5.32 Å². The lowest BCUT2D eigenvalue weighted by molar-refractivity contribution is -0.125. The van der Waals surface area contributed by atoms with Gasteiger partial charge in [0.1, 0.15) is 11.9 Å². The third kappa shape index (κ3) is 5.28. The van der Waals surface area contributed by atoms with E-state index in [0.29, 0.717) is 10.6 Å². The third-order valence-corrected chi connectivity index (χ3v) is 4.28. The zero-order chi connectivity index (χ0) is 18.5. The largest absolute Gasteiger partial charge is 0.352 e. The van der Waals surface area contributed by atoms with Crippen molar-refractivity contribution in [1.82, 2.24) is 16.2 Å². The fourth-order valence-electron chi connectivity index (χ4n) is 2.45. The SMILES string of the molecule is O=C(Cc1ccc(Cl)cc1)NNC(C(=O)NC1CC1)c1ccc(F)cc1. The van der Waals surface area contributed by atoms with Gasteiger partial charge in [0.15, 0.2) is 0 Å². The molecule has 0 bridgehead atoms. The first-order valence-electron chi connectivity index (χ1n) is 8.36. The molecule has 0 radical (unpaired) electrons. The summed E-state index contributed by atoms with van der Waals surface area (Å²) in [6, 6.07) is 11.9. The van der Waals surface area contributed by atoms with E-state index in [4.69, 9.17) is 11.6 Å². The van der Waals surface area contributed by atoms with Crippen molar-refractivity contribution in [2.24, 2.45) is 0 Å². The molecular weight excluding hydrogens is 357 g/mol. The Morgan fingerprint density at radius 1 is 1.08 bits per heavy atom. The van der Waals surface area contributed by atoms with Crippen molar-refractivity contribution in [2.45, 2.75) is 31.3 Å². The molecule has 0 heterocycles. The highest BCUT2D eigenvalue weighted by Crippen LogP contribution is 2.21. The summed E-state index contributed by atoms with van der Waals surface area (Å²) in [4.78, 5) is 24.6. The zero-order valence-corrected chi connectivity index (χ0v) is 14.7. The third-order valence-electron chi connectivity index (χ3n) is 4.02. The predicted octanol–water partition coefficient (Wildman–Crippen LogP) is 2.66. The van der Waals surface area contributed by atoms with Crippen LogP contribution in [0.5, 0.6) is 0 Å². The lowest BCUT2D eigenvalue weighted by Crippen LogP contribution is -2.47. The fraction of sp³-hybridized carbons (Fsp3) is 0.263. The summed E-state index contributed by atoms with van der Waals surface area (Å²) in [6.45, 7) is 0. The summed E-state index contributed by atoms with van der Waals surface area (Å²) >= 11 is 5.83. The maximum atomic E-state index is 13.2. The average Bonchev–Trinajstić information content (AvgIpc) is 3.42. The van der Waals surface area contributed by atoms with Crippen LogP contribution in [0.15, 0.2) is 48.5 Å². The fourth-order valence-corrected chi connectivity index (χ4v) is 2.58. The van der Waals surface area contributed by atoms with Gasteiger partial charge >= 0.3 is 0 Å². The summed E-state index contributed by atoms with van der Waals surface area (Å²) in [5, 5.41) is 3.48. The zero-order valence-electron chi connectivity index (χ0n) is 14.0. The molecule has 7 heteroatoms. The van der Waals surface area contributed by atoms with E-state index in [0.717, 1.165) is 18.4 Å². The van der Waals surface area contributed by atoms with Gasteiger partial charge in [0.25, 0.3) is 0 Å². The molecule has 0 aromatic heterocycles. The van der Waals surface area contributed by atoms with Crippen molar-refractivity contribution in [2.75, 3.05) is 0 Å². The number of hydrogen-bond acceptors (Lipinski definition) is 3. The Morgan fingerprint density at radius 2 is 1.73 bits per heavy atom. The molecule has 1 unspecified atom stereocenters. The second-order valence-electron chi connectivity index (χ2n) is 6.26. The normalized spacial score (nSPS) is 14.5. The quantitative estimate of drug-likeness (QED) is 0.652. The van der Waals surface area contributed by atoms with Gasteiger partial charge in [-0.2, -0.15) is 0 Å². The van der Waals surface area contributed by atoms with E-state index >= 15 is 0 Å². The average molecular weight is 376 g/mol. The number of rotatable bonds is 7. The van der Waals surface area contributed by atoms with E-state index in [9.17, 15) is 14.0 Å². The van der Waals surface area contributed by atoms with E-state index < -0.39 is 6.04 Å². The molecule has 0 spiro atoms. The summed E-state index contributed by atoms with van der Waals surface area (Å²) in [7, 11) is 0. The van der Waals surface area contributed by atoms with Crippen molar-refractivity contribution in [3.63, 3.8) is 0 Å². The Labute approximate surface area is 155 Å². The van der Waals surface area contributed by atoms with Crippen molar-refractivity contribution < 1.29 is 14.0 Å². The van der Waals surface area contributed by atoms with Crippen LogP contribution in [-0.4, -0.2) is 17.9 Å². The van der Waals surface area contributed by atoms with Gasteiger partial charge in [0.2, 0.25) is 11.8 Å².